The number of aromatic nitrogens is 1. The van der Waals surface area contributed by atoms with E-state index in [1.807, 2.05) is 54.8 Å². The summed E-state index contributed by atoms with van der Waals surface area (Å²) < 4.78 is 1.99. The van der Waals surface area contributed by atoms with E-state index in [0.717, 1.165) is 42.5 Å². The molecule has 0 aliphatic heterocycles. The van der Waals surface area contributed by atoms with E-state index in [4.69, 9.17) is 11.6 Å². The van der Waals surface area contributed by atoms with Crippen LogP contribution in [0, 0.1) is 13.8 Å². The van der Waals surface area contributed by atoms with Crippen LogP contribution in [0.25, 0.3) is 0 Å². The Kier molecular flexibility index (Phi) is 7.92. The van der Waals surface area contributed by atoms with Crippen LogP contribution in [-0.2, 0) is 25.8 Å². The number of benzene rings is 2. The average Bonchev–Trinajstić information content (AvgIpc) is 2.80. The van der Waals surface area contributed by atoms with Gasteiger partial charge in [-0.25, -0.2) is 0 Å². The lowest BCUT2D eigenvalue weighted by Crippen LogP contribution is -2.29. The first-order chi connectivity index (χ1) is 15.4. The summed E-state index contributed by atoms with van der Waals surface area (Å²) in [5.41, 5.74) is 5.22. The Balaban J connectivity index is 1.93. The molecule has 1 aromatic heterocycles. The number of amides is 1. The molecule has 0 fully saturated rings. The van der Waals surface area contributed by atoms with Crippen LogP contribution in [0.4, 0.5) is 5.69 Å². The maximum Gasteiger partial charge on any atom is 0.261 e. The normalized spacial score (nSPS) is 10.9. The highest BCUT2D eigenvalue weighted by molar-refractivity contribution is 6.31. The molecule has 2 aromatic carbocycles. The van der Waals surface area contributed by atoms with Crippen LogP contribution < -0.4 is 10.7 Å². The number of halogens is 1. The lowest BCUT2D eigenvalue weighted by molar-refractivity contribution is 0.102. The smallest absolute Gasteiger partial charge is 0.261 e. The molecule has 3 aromatic rings. The van der Waals surface area contributed by atoms with Gasteiger partial charge >= 0.3 is 0 Å². The zero-order chi connectivity index (χ0) is 23.3. The number of nitrogens with one attached hydrogen (secondary N) is 1. The predicted octanol–water partition coefficient (Wildman–Crippen LogP) is 6.13. The van der Waals surface area contributed by atoms with Crippen molar-refractivity contribution in [2.45, 2.75) is 59.9 Å². The zero-order valence-electron chi connectivity index (χ0n) is 19.3. The first-order valence-electron chi connectivity index (χ1n) is 11.2. The first-order valence-corrected chi connectivity index (χ1v) is 11.6. The molecule has 3 rings (SSSR count). The number of para-hydroxylation sites is 1. The molecule has 0 saturated heterocycles. The Bertz CT molecular complexity index is 1140. The van der Waals surface area contributed by atoms with E-state index < -0.39 is 11.3 Å². The molecule has 32 heavy (non-hydrogen) atoms. The number of anilines is 1. The molecule has 168 valence electrons. The Morgan fingerprint density at radius 1 is 0.938 bits per heavy atom. The second kappa shape index (κ2) is 10.6. The Morgan fingerprint density at radius 3 is 2.16 bits per heavy atom. The van der Waals surface area contributed by atoms with Crippen LogP contribution in [0.5, 0.6) is 0 Å². The molecule has 0 radical (unpaired) electrons. The summed E-state index contributed by atoms with van der Waals surface area (Å²) >= 11 is 6.41. The molecule has 0 saturated carbocycles. The van der Waals surface area contributed by atoms with Gasteiger partial charge in [0.25, 0.3) is 5.91 Å². The number of aryl methyl sites for hydroxylation is 3. The lowest BCUT2D eigenvalue weighted by Gasteiger charge is -2.20. The molecule has 4 nitrogen and oxygen atoms in total. The summed E-state index contributed by atoms with van der Waals surface area (Å²) in [4.78, 5) is 26.3. The standard InChI is InChI=1S/C27H31ClN2O2/c1-5-21-15-10-16-22(6-2)25(21)29-27(32)23-18(3)30(19(4)24(28)26(23)31)17-11-14-20-12-8-7-9-13-20/h7-10,12-13,15-16H,5-6,11,14,17H2,1-4H3,(H,29,32). The van der Waals surface area contributed by atoms with Crippen molar-refractivity contribution in [1.82, 2.24) is 4.57 Å². The molecule has 0 aliphatic rings. The summed E-state index contributed by atoms with van der Waals surface area (Å²) in [6, 6.07) is 16.3. The maximum absolute atomic E-state index is 13.3. The van der Waals surface area contributed by atoms with Gasteiger partial charge in [-0.3, -0.25) is 9.59 Å². The van der Waals surface area contributed by atoms with Crippen LogP contribution in [0.1, 0.15) is 58.7 Å². The van der Waals surface area contributed by atoms with E-state index in [1.54, 1.807) is 0 Å². The predicted molar refractivity (Wildman–Crippen MR) is 133 cm³/mol. The topological polar surface area (TPSA) is 51.1 Å². The highest BCUT2D eigenvalue weighted by Crippen LogP contribution is 2.24. The molecular weight excluding hydrogens is 420 g/mol. The summed E-state index contributed by atoms with van der Waals surface area (Å²) in [5, 5.41) is 3.13. The van der Waals surface area contributed by atoms with E-state index in [9.17, 15) is 9.59 Å². The van der Waals surface area contributed by atoms with E-state index >= 15 is 0 Å². The van der Waals surface area contributed by atoms with Crippen molar-refractivity contribution in [3.63, 3.8) is 0 Å². The number of carbonyl (C=O) groups is 1. The number of carbonyl (C=O) groups excluding carboxylic acids is 1. The van der Waals surface area contributed by atoms with Gasteiger partial charge in [0.2, 0.25) is 5.43 Å². The van der Waals surface area contributed by atoms with Crippen molar-refractivity contribution in [3.8, 4) is 0 Å². The Morgan fingerprint density at radius 2 is 1.56 bits per heavy atom. The Hall–Kier alpha value is -2.85. The molecule has 0 aliphatic carbocycles. The van der Waals surface area contributed by atoms with Crippen LogP contribution in [0.2, 0.25) is 5.02 Å². The number of rotatable bonds is 8. The van der Waals surface area contributed by atoms with Gasteiger partial charge in [0, 0.05) is 23.6 Å². The fourth-order valence-corrected chi connectivity index (χ4v) is 4.41. The molecule has 0 bridgehead atoms. The van der Waals surface area contributed by atoms with Crippen molar-refractivity contribution >= 4 is 23.2 Å². The largest absolute Gasteiger partial charge is 0.347 e. The van der Waals surface area contributed by atoms with Gasteiger partial charge in [-0.1, -0.05) is 74.0 Å². The van der Waals surface area contributed by atoms with Gasteiger partial charge in [-0.2, -0.15) is 0 Å². The van der Waals surface area contributed by atoms with Crippen molar-refractivity contribution in [1.29, 1.82) is 0 Å². The van der Waals surface area contributed by atoms with Gasteiger partial charge < -0.3 is 9.88 Å². The SMILES string of the molecule is CCc1cccc(CC)c1NC(=O)c1c(C)n(CCCc2ccccc2)c(C)c(Cl)c1=O. The number of nitrogens with zero attached hydrogens (tertiary/aromatic N) is 1. The first kappa shape index (κ1) is 23.8. The third kappa shape index (κ3) is 4.97. The minimum Gasteiger partial charge on any atom is -0.347 e. The van der Waals surface area contributed by atoms with Crippen molar-refractivity contribution in [2.75, 3.05) is 5.32 Å². The molecule has 0 spiro atoms. The van der Waals surface area contributed by atoms with Crippen LogP contribution in [0.15, 0.2) is 53.3 Å². The van der Waals surface area contributed by atoms with Crippen LogP contribution in [-0.4, -0.2) is 10.5 Å². The summed E-state index contributed by atoms with van der Waals surface area (Å²) in [5.74, 6) is -0.401. The van der Waals surface area contributed by atoms with E-state index in [1.165, 1.54) is 5.56 Å². The highest BCUT2D eigenvalue weighted by Gasteiger charge is 2.22. The van der Waals surface area contributed by atoms with Crippen molar-refractivity contribution < 1.29 is 4.79 Å². The second-order valence-corrected chi connectivity index (χ2v) is 8.42. The van der Waals surface area contributed by atoms with Gasteiger partial charge in [0.1, 0.15) is 10.6 Å². The van der Waals surface area contributed by atoms with Gasteiger partial charge in [0.05, 0.1) is 0 Å². The molecule has 1 heterocycles. The third-order valence-electron chi connectivity index (χ3n) is 6.07. The fraction of sp³-hybridized carbons (Fsp3) is 0.333. The van der Waals surface area contributed by atoms with Crippen molar-refractivity contribution in [3.05, 3.63) is 97.4 Å². The molecule has 1 N–H and O–H groups in total. The third-order valence-corrected chi connectivity index (χ3v) is 6.52. The minimum atomic E-state index is -0.412. The molecule has 0 unspecified atom stereocenters. The quantitative estimate of drug-likeness (QED) is 0.448. The van der Waals surface area contributed by atoms with Crippen LogP contribution >= 0.6 is 11.6 Å². The molecule has 5 heteroatoms. The molecular formula is C27H31ClN2O2. The van der Waals surface area contributed by atoms with E-state index in [-0.39, 0.29) is 10.6 Å². The number of hydrogen-bond donors (Lipinski definition) is 1. The monoisotopic (exact) mass is 450 g/mol. The molecule has 1 amide bonds. The number of hydrogen-bond acceptors (Lipinski definition) is 2. The zero-order valence-corrected chi connectivity index (χ0v) is 20.1. The van der Waals surface area contributed by atoms with E-state index in [0.29, 0.717) is 17.9 Å². The fourth-order valence-electron chi connectivity index (χ4n) is 4.21. The van der Waals surface area contributed by atoms with Crippen LogP contribution in [0.3, 0.4) is 0 Å². The number of pyridine rings is 1. The van der Waals surface area contributed by atoms with Crippen molar-refractivity contribution in [2.24, 2.45) is 0 Å². The summed E-state index contributed by atoms with van der Waals surface area (Å²) in [7, 11) is 0. The highest BCUT2D eigenvalue weighted by atomic mass is 35.5. The lowest BCUT2D eigenvalue weighted by atomic mass is 10.0. The second-order valence-electron chi connectivity index (χ2n) is 8.04. The minimum absolute atomic E-state index is 0.111. The van der Waals surface area contributed by atoms with Gasteiger partial charge in [-0.15, -0.1) is 0 Å². The van der Waals surface area contributed by atoms with E-state index in [2.05, 4.69) is 31.3 Å². The Labute approximate surface area is 195 Å². The van der Waals surface area contributed by atoms with Gasteiger partial charge in [0.15, 0.2) is 0 Å². The molecule has 0 atom stereocenters. The summed E-state index contributed by atoms with van der Waals surface area (Å²) in [6.45, 7) is 8.45. The average molecular weight is 451 g/mol. The maximum atomic E-state index is 13.3. The summed E-state index contributed by atoms with van der Waals surface area (Å²) in [6.07, 6.45) is 3.38. The van der Waals surface area contributed by atoms with Gasteiger partial charge in [-0.05, 0) is 56.2 Å².